The molecule has 1 atom stereocenters. The van der Waals surface area contributed by atoms with Gasteiger partial charge in [-0.2, -0.15) is 0 Å². The third kappa shape index (κ3) is 3.16. The van der Waals surface area contributed by atoms with Crippen molar-refractivity contribution >= 4 is 0 Å². The zero-order valence-corrected chi connectivity index (χ0v) is 9.71. The zero-order chi connectivity index (χ0) is 12.1. The molecule has 17 heavy (non-hydrogen) atoms. The van der Waals surface area contributed by atoms with Gasteiger partial charge in [0.2, 0.25) is 0 Å². The second-order valence-corrected chi connectivity index (χ2v) is 4.21. The summed E-state index contributed by atoms with van der Waals surface area (Å²) in [6.45, 7) is 0.0282. The van der Waals surface area contributed by atoms with Crippen LogP contribution in [0.1, 0.15) is 5.56 Å². The van der Waals surface area contributed by atoms with E-state index in [-0.39, 0.29) is 12.6 Å². The van der Waals surface area contributed by atoms with Gasteiger partial charge in [0, 0.05) is 6.04 Å². The van der Waals surface area contributed by atoms with Crippen molar-refractivity contribution in [3.8, 4) is 11.1 Å². The molecule has 0 aliphatic carbocycles. The number of hydrogen-bond acceptors (Lipinski definition) is 2. The van der Waals surface area contributed by atoms with E-state index in [4.69, 9.17) is 10.8 Å². The summed E-state index contributed by atoms with van der Waals surface area (Å²) >= 11 is 0. The van der Waals surface area contributed by atoms with Gasteiger partial charge in [0.25, 0.3) is 0 Å². The molecule has 0 fully saturated rings. The zero-order valence-electron chi connectivity index (χ0n) is 9.71. The van der Waals surface area contributed by atoms with Gasteiger partial charge in [-0.1, -0.05) is 54.6 Å². The highest BCUT2D eigenvalue weighted by molar-refractivity contribution is 5.63. The van der Waals surface area contributed by atoms with Crippen LogP contribution in [0, 0.1) is 0 Å². The van der Waals surface area contributed by atoms with Crippen molar-refractivity contribution in [2.45, 2.75) is 12.5 Å². The number of aliphatic hydroxyl groups is 1. The molecule has 0 unspecified atom stereocenters. The van der Waals surface area contributed by atoms with Crippen LogP contribution in [0.4, 0.5) is 0 Å². The fourth-order valence-electron chi connectivity index (χ4n) is 1.83. The summed E-state index contributed by atoms with van der Waals surface area (Å²) in [7, 11) is 0. The Balaban J connectivity index is 2.13. The maximum absolute atomic E-state index is 8.90. The molecule has 2 rings (SSSR count). The molecule has 0 radical (unpaired) electrons. The second kappa shape index (κ2) is 5.62. The van der Waals surface area contributed by atoms with E-state index in [9.17, 15) is 0 Å². The summed E-state index contributed by atoms with van der Waals surface area (Å²) in [6, 6.07) is 18.4. The largest absolute Gasteiger partial charge is 0.395 e. The minimum Gasteiger partial charge on any atom is -0.395 e. The first-order chi connectivity index (χ1) is 8.29. The first-order valence-electron chi connectivity index (χ1n) is 5.80. The number of rotatable bonds is 4. The minimum atomic E-state index is -0.169. The fourth-order valence-corrected chi connectivity index (χ4v) is 1.83. The van der Waals surface area contributed by atoms with Gasteiger partial charge in [0.15, 0.2) is 0 Å². The van der Waals surface area contributed by atoms with Crippen molar-refractivity contribution < 1.29 is 5.11 Å². The lowest BCUT2D eigenvalue weighted by Gasteiger charge is -2.08. The maximum Gasteiger partial charge on any atom is 0.0585 e. The van der Waals surface area contributed by atoms with Gasteiger partial charge >= 0.3 is 0 Å². The predicted octanol–water partition coefficient (Wildman–Crippen LogP) is 2.22. The molecule has 88 valence electrons. The van der Waals surface area contributed by atoms with Gasteiger partial charge in [-0.15, -0.1) is 0 Å². The van der Waals surface area contributed by atoms with E-state index in [1.165, 1.54) is 11.1 Å². The first-order valence-corrected chi connectivity index (χ1v) is 5.80. The van der Waals surface area contributed by atoms with Crippen LogP contribution < -0.4 is 5.73 Å². The molecule has 0 amide bonds. The lowest BCUT2D eigenvalue weighted by Crippen LogP contribution is -2.26. The Labute approximate surface area is 102 Å². The van der Waals surface area contributed by atoms with Crippen LogP contribution in [-0.4, -0.2) is 17.8 Å². The number of nitrogens with two attached hydrogens (primary N) is 1. The third-order valence-electron chi connectivity index (χ3n) is 2.79. The molecule has 0 saturated heterocycles. The summed E-state index contributed by atoms with van der Waals surface area (Å²) < 4.78 is 0. The van der Waals surface area contributed by atoms with Crippen LogP contribution in [-0.2, 0) is 6.42 Å². The van der Waals surface area contributed by atoms with Crippen LogP contribution in [0.3, 0.4) is 0 Å². The molecule has 3 N–H and O–H groups in total. The van der Waals surface area contributed by atoms with E-state index in [2.05, 4.69) is 36.4 Å². The van der Waals surface area contributed by atoms with Crippen molar-refractivity contribution in [2.75, 3.05) is 6.61 Å². The van der Waals surface area contributed by atoms with Gasteiger partial charge in [0.1, 0.15) is 0 Å². The number of aliphatic hydroxyl groups excluding tert-OH is 1. The van der Waals surface area contributed by atoms with Gasteiger partial charge in [-0.05, 0) is 23.1 Å². The minimum absolute atomic E-state index is 0.0282. The summed E-state index contributed by atoms with van der Waals surface area (Å²) in [4.78, 5) is 0. The summed E-state index contributed by atoms with van der Waals surface area (Å²) in [5.41, 5.74) is 9.28. The van der Waals surface area contributed by atoms with E-state index in [0.29, 0.717) is 6.42 Å². The molecule has 0 aliphatic heterocycles. The lowest BCUT2D eigenvalue weighted by atomic mass is 10.0. The molecule has 0 spiro atoms. The average Bonchev–Trinajstić information content (AvgIpc) is 2.40. The normalized spacial score (nSPS) is 12.4. The van der Waals surface area contributed by atoms with Gasteiger partial charge in [-0.3, -0.25) is 0 Å². The smallest absolute Gasteiger partial charge is 0.0585 e. The van der Waals surface area contributed by atoms with Crippen LogP contribution in [0.15, 0.2) is 54.6 Å². The highest BCUT2D eigenvalue weighted by Gasteiger charge is 2.02. The van der Waals surface area contributed by atoms with Crippen molar-refractivity contribution in [3.05, 3.63) is 60.2 Å². The molecule has 0 aromatic heterocycles. The SMILES string of the molecule is N[C@H](CO)Cc1ccc(-c2ccccc2)cc1. The predicted molar refractivity (Wildman–Crippen MR) is 70.6 cm³/mol. The van der Waals surface area contributed by atoms with Crippen LogP contribution in [0.2, 0.25) is 0 Å². The van der Waals surface area contributed by atoms with Crippen molar-refractivity contribution in [3.63, 3.8) is 0 Å². The fraction of sp³-hybridized carbons (Fsp3) is 0.200. The van der Waals surface area contributed by atoms with Crippen LogP contribution in [0.5, 0.6) is 0 Å². The third-order valence-corrected chi connectivity index (χ3v) is 2.79. The molecule has 0 saturated carbocycles. The van der Waals surface area contributed by atoms with Crippen molar-refractivity contribution in [2.24, 2.45) is 5.73 Å². The molecule has 2 aromatic carbocycles. The summed E-state index contributed by atoms with van der Waals surface area (Å²) in [6.07, 6.45) is 0.714. The van der Waals surface area contributed by atoms with E-state index in [1.54, 1.807) is 0 Å². The van der Waals surface area contributed by atoms with Gasteiger partial charge in [0.05, 0.1) is 6.61 Å². The quantitative estimate of drug-likeness (QED) is 0.841. The summed E-state index contributed by atoms with van der Waals surface area (Å²) in [5, 5.41) is 8.90. The van der Waals surface area contributed by atoms with Crippen molar-refractivity contribution in [1.82, 2.24) is 0 Å². The molecule has 2 nitrogen and oxygen atoms in total. The molecule has 2 heteroatoms. The Morgan fingerprint density at radius 1 is 0.882 bits per heavy atom. The van der Waals surface area contributed by atoms with Crippen LogP contribution in [0.25, 0.3) is 11.1 Å². The Hall–Kier alpha value is -1.64. The Kier molecular flexibility index (Phi) is 3.91. The molecule has 0 aliphatic rings. The number of hydrogen-bond donors (Lipinski definition) is 2. The van der Waals surface area contributed by atoms with Gasteiger partial charge < -0.3 is 10.8 Å². The standard InChI is InChI=1S/C15H17NO/c16-15(11-17)10-12-6-8-14(9-7-12)13-4-2-1-3-5-13/h1-9,15,17H,10-11,16H2/t15-/m0/s1. The Morgan fingerprint density at radius 3 is 2.06 bits per heavy atom. The average molecular weight is 227 g/mol. The molecular formula is C15H17NO. The second-order valence-electron chi connectivity index (χ2n) is 4.21. The number of benzene rings is 2. The molecule has 0 heterocycles. The highest BCUT2D eigenvalue weighted by Crippen LogP contribution is 2.19. The van der Waals surface area contributed by atoms with E-state index in [1.807, 2.05) is 18.2 Å². The van der Waals surface area contributed by atoms with Crippen LogP contribution >= 0.6 is 0 Å². The summed E-state index contributed by atoms with van der Waals surface area (Å²) in [5.74, 6) is 0. The Bertz CT molecular complexity index is 450. The first kappa shape index (κ1) is 11.8. The monoisotopic (exact) mass is 227 g/mol. The van der Waals surface area contributed by atoms with Crippen molar-refractivity contribution in [1.29, 1.82) is 0 Å². The molecule has 2 aromatic rings. The Morgan fingerprint density at radius 2 is 1.47 bits per heavy atom. The highest BCUT2D eigenvalue weighted by atomic mass is 16.3. The van der Waals surface area contributed by atoms with E-state index >= 15 is 0 Å². The van der Waals surface area contributed by atoms with E-state index < -0.39 is 0 Å². The maximum atomic E-state index is 8.90. The van der Waals surface area contributed by atoms with Gasteiger partial charge in [-0.25, -0.2) is 0 Å². The topological polar surface area (TPSA) is 46.2 Å². The lowest BCUT2D eigenvalue weighted by molar-refractivity contribution is 0.265. The molecule has 0 bridgehead atoms. The molecular weight excluding hydrogens is 210 g/mol. The van der Waals surface area contributed by atoms with E-state index in [0.717, 1.165) is 5.56 Å².